The minimum atomic E-state index is -3.62. The minimum Gasteiger partial charge on any atom is -0.476 e. The summed E-state index contributed by atoms with van der Waals surface area (Å²) < 4.78 is 3.73. The van der Waals surface area contributed by atoms with Crippen LogP contribution in [0, 0.1) is 0 Å². The molecule has 10 nitrogen and oxygen atoms in total. The summed E-state index contributed by atoms with van der Waals surface area (Å²) in [7, 11) is 0. The predicted molar refractivity (Wildman–Crippen MR) is 36.9 cm³/mol. The summed E-state index contributed by atoms with van der Waals surface area (Å²) in [4.78, 5) is 49.6. The van der Waals surface area contributed by atoms with Gasteiger partial charge < -0.3 is 20.1 Å². The van der Waals surface area contributed by atoms with Crippen LogP contribution in [0.25, 0.3) is 0 Å². The van der Waals surface area contributed by atoms with Crippen molar-refractivity contribution in [1.29, 1.82) is 0 Å². The number of carbonyl (C=O) groups excluding carboxylic acids is 3. The van der Waals surface area contributed by atoms with E-state index in [9.17, 15) is 24.3 Å². The number of aliphatic carboxylic acids is 1. The molecule has 10 heteroatoms. The van der Waals surface area contributed by atoms with Crippen molar-refractivity contribution in [1.82, 2.24) is 0 Å². The van der Waals surface area contributed by atoms with Crippen molar-refractivity contribution in [2.45, 2.75) is 11.9 Å². The summed E-state index contributed by atoms with van der Waals surface area (Å²) in [5, 5.41) is 26.6. The van der Waals surface area contributed by atoms with Crippen LogP contribution in [0.1, 0.15) is 0 Å². The number of hydrogen-bond donors (Lipinski definition) is 3. The average Bonchev–Trinajstić information content (AvgIpc) is 2.22. The zero-order valence-corrected chi connectivity index (χ0v) is 7.28. The topological polar surface area (TPSA) is 157 Å². The molecule has 1 aliphatic heterocycles. The summed E-state index contributed by atoms with van der Waals surface area (Å²) in [5.41, 5.74) is 0. The van der Waals surface area contributed by atoms with Gasteiger partial charge in [0, 0.05) is 0 Å². The van der Waals surface area contributed by atoms with Crippen LogP contribution in [-0.2, 0) is 33.7 Å². The number of aliphatic hydroxyl groups is 2. The van der Waals surface area contributed by atoms with Gasteiger partial charge in [-0.15, -0.1) is 0 Å². The van der Waals surface area contributed by atoms with Crippen LogP contribution in [0.15, 0.2) is 0 Å². The van der Waals surface area contributed by atoms with E-state index in [1.807, 2.05) is 0 Å². The summed E-state index contributed by atoms with van der Waals surface area (Å²) in [6.07, 6.45) is -2.76. The van der Waals surface area contributed by atoms with Gasteiger partial charge in [0.25, 0.3) is 0 Å². The van der Waals surface area contributed by atoms with Crippen LogP contribution in [0.4, 0.5) is 0 Å². The van der Waals surface area contributed by atoms with E-state index in [2.05, 4.69) is 14.5 Å². The number of carboxylic acids is 1. The highest BCUT2D eigenvalue weighted by Crippen LogP contribution is 2.18. The van der Waals surface area contributed by atoms with Gasteiger partial charge in [-0.2, -0.15) is 0 Å². The first-order chi connectivity index (χ1) is 7.29. The molecule has 2 atom stereocenters. The standard InChI is InChI=1S/C6H4O10/c7-1-2(8)15-16-4(10)3(9)14-6(1,13)5(11)12/h1,7,13H,(H,11,12). The molecule has 16 heavy (non-hydrogen) atoms. The molecule has 3 N–H and O–H groups in total. The molecule has 2 unspecified atom stereocenters. The van der Waals surface area contributed by atoms with Crippen LogP contribution in [0.2, 0.25) is 0 Å². The molecule has 0 aromatic carbocycles. The molecule has 1 aliphatic rings. The van der Waals surface area contributed by atoms with Crippen LogP contribution in [-0.4, -0.2) is 51.1 Å². The van der Waals surface area contributed by atoms with Crippen LogP contribution < -0.4 is 0 Å². The molecular weight excluding hydrogens is 232 g/mol. The number of ether oxygens (including phenoxy) is 1. The smallest absolute Gasteiger partial charge is 0.463 e. The number of carboxylic acid groups (broad SMARTS) is 1. The van der Waals surface area contributed by atoms with Crippen LogP contribution >= 0.6 is 0 Å². The van der Waals surface area contributed by atoms with Gasteiger partial charge in [0.1, 0.15) is 0 Å². The van der Waals surface area contributed by atoms with Gasteiger partial charge in [0.15, 0.2) is 0 Å². The van der Waals surface area contributed by atoms with Crippen molar-refractivity contribution in [3.8, 4) is 0 Å². The first-order valence-corrected chi connectivity index (χ1v) is 3.58. The van der Waals surface area contributed by atoms with E-state index < -0.39 is 35.8 Å². The number of hydrogen-bond acceptors (Lipinski definition) is 9. The number of cyclic esters (lactones) is 1. The second-order valence-electron chi connectivity index (χ2n) is 2.57. The van der Waals surface area contributed by atoms with E-state index in [1.54, 1.807) is 0 Å². The maximum absolute atomic E-state index is 10.8. The Kier molecular flexibility index (Phi) is 2.78. The normalized spacial score (nSPS) is 30.6. The SMILES string of the molecule is O=C1OOC(=O)C(O)C(O)(C(=O)O)OC1=O. The fraction of sp³-hybridized carbons (Fsp3) is 0.333. The lowest BCUT2D eigenvalue weighted by Crippen LogP contribution is -2.58. The maximum atomic E-state index is 10.8. The van der Waals surface area contributed by atoms with Gasteiger partial charge >= 0.3 is 29.7 Å². The van der Waals surface area contributed by atoms with E-state index in [0.717, 1.165) is 0 Å². The molecule has 0 spiro atoms. The minimum absolute atomic E-state index is 1.81. The van der Waals surface area contributed by atoms with E-state index >= 15 is 0 Å². The summed E-state index contributed by atoms with van der Waals surface area (Å²) in [5.74, 6) is -11.5. The van der Waals surface area contributed by atoms with Crippen molar-refractivity contribution < 1.29 is 49.0 Å². The third kappa shape index (κ3) is 1.78. The lowest BCUT2D eigenvalue weighted by Gasteiger charge is -2.26. The van der Waals surface area contributed by atoms with Gasteiger partial charge in [-0.3, -0.25) is 0 Å². The Bertz CT molecular complexity index is 372. The first kappa shape index (κ1) is 11.9. The second-order valence-corrected chi connectivity index (χ2v) is 2.57. The summed E-state index contributed by atoms with van der Waals surface area (Å²) in [6.45, 7) is 0. The van der Waals surface area contributed by atoms with Gasteiger partial charge in [0.05, 0.1) is 0 Å². The van der Waals surface area contributed by atoms with Crippen molar-refractivity contribution in [3.05, 3.63) is 0 Å². The van der Waals surface area contributed by atoms with Gasteiger partial charge in [-0.25, -0.2) is 29.0 Å². The molecule has 1 heterocycles. The quantitative estimate of drug-likeness (QED) is 0.239. The average molecular weight is 236 g/mol. The van der Waals surface area contributed by atoms with E-state index in [4.69, 9.17) is 10.2 Å². The number of carbonyl (C=O) groups is 4. The number of aliphatic hydroxyl groups excluding tert-OH is 1. The van der Waals surface area contributed by atoms with Gasteiger partial charge in [-0.05, 0) is 0 Å². The Morgan fingerprint density at radius 1 is 1.19 bits per heavy atom. The van der Waals surface area contributed by atoms with Crippen molar-refractivity contribution >= 4 is 23.9 Å². The largest absolute Gasteiger partial charge is 0.476 e. The molecule has 0 aliphatic carbocycles. The summed E-state index contributed by atoms with van der Waals surface area (Å²) in [6, 6.07) is 0. The lowest BCUT2D eigenvalue weighted by molar-refractivity contribution is -0.300. The Labute approximate surface area is 85.9 Å². The van der Waals surface area contributed by atoms with Gasteiger partial charge in [0.2, 0.25) is 6.10 Å². The zero-order valence-electron chi connectivity index (χ0n) is 7.28. The molecule has 0 amide bonds. The lowest BCUT2D eigenvalue weighted by atomic mass is 10.1. The maximum Gasteiger partial charge on any atom is 0.463 e. The number of esters is 1. The molecule has 0 saturated carbocycles. The zero-order chi connectivity index (χ0) is 12.5. The number of rotatable bonds is 1. The highest BCUT2D eigenvalue weighted by molar-refractivity contribution is 6.30. The Morgan fingerprint density at radius 2 is 1.75 bits per heavy atom. The molecule has 0 bridgehead atoms. The second kappa shape index (κ2) is 3.75. The predicted octanol–water partition coefficient (Wildman–Crippen LogP) is -3.32. The Balaban J connectivity index is 3.12. The third-order valence-electron chi connectivity index (χ3n) is 1.51. The van der Waals surface area contributed by atoms with Crippen LogP contribution in [0.5, 0.6) is 0 Å². The van der Waals surface area contributed by atoms with E-state index in [-0.39, 0.29) is 0 Å². The molecule has 0 aromatic rings. The highest BCUT2D eigenvalue weighted by atomic mass is 17.2. The summed E-state index contributed by atoms with van der Waals surface area (Å²) >= 11 is 0. The first-order valence-electron chi connectivity index (χ1n) is 3.58. The molecule has 0 aromatic heterocycles. The monoisotopic (exact) mass is 236 g/mol. The van der Waals surface area contributed by atoms with E-state index in [0.29, 0.717) is 0 Å². The highest BCUT2D eigenvalue weighted by Gasteiger charge is 2.56. The van der Waals surface area contributed by atoms with Crippen LogP contribution in [0.3, 0.4) is 0 Å². The van der Waals surface area contributed by atoms with Gasteiger partial charge in [-0.1, -0.05) is 0 Å². The molecule has 1 rings (SSSR count). The fourth-order valence-electron chi connectivity index (χ4n) is 0.718. The molecule has 88 valence electrons. The van der Waals surface area contributed by atoms with Crippen molar-refractivity contribution in [2.24, 2.45) is 0 Å². The molecule has 1 saturated heterocycles. The fourth-order valence-corrected chi connectivity index (χ4v) is 0.718. The van der Waals surface area contributed by atoms with Crippen molar-refractivity contribution in [2.75, 3.05) is 0 Å². The third-order valence-corrected chi connectivity index (χ3v) is 1.51. The molecular formula is C6H4O10. The van der Waals surface area contributed by atoms with Crippen molar-refractivity contribution in [3.63, 3.8) is 0 Å². The Morgan fingerprint density at radius 3 is 2.25 bits per heavy atom. The molecule has 1 fully saturated rings. The molecule has 0 radical (unpaired) electrons. The van der Waals surface area contributed by atoms with E-state index in [1.165, 1.54) is 0 Å². The Hall–Kier alpha value is -2.20.